The summed E-state index contributed by atoms with van der Waals surface area (Å²) in [5.41, 5.74) is 1.28. The van der Waals surface area contributed by atoms with Crippen LogP contribution in [0.4, 0.5) is 20.6 Å². The van der Waals surface area contributed by atoms with E-state index in [1.165, 1.54) is 12.1 Å². The predicted octanol–water partition coefficient (Wildman–Crippen LogP) is 3.48. The molecule has 2 aromatic carbocycles. The Bertz CT molecular complexity index is 701. The maximum absolute atomic E-state index is 13.7. The van der Waals surface area contributed by atoms with Gasteiger partial charge in [0.2, 0.25) is 0 Å². The molecule has 2 rings (SSSR count). The highest BCUT2D eigenvalue weighted by atomic mass is 19.1. The molecule has 0 radical (unpaired) electrons. The number of halogens is 1. The van der Waals surface area contributed by atoms with Crippen molar-refractivity contribution in [2.75, 3.05) is 10.6 Å². The van der Waals surface area contributed by atoms with Gasteiger partial charge >= 0.3 is 12.0 Å². The summed E-state index contributed by atoms with van der Waals surface area (Å²) >= 11 is 0. The number of nitrogens with one attached hydrogen (secondary N) is 2. The van der Waals surface area contributed by atoms with Crippen molar-refractivity contribution in [2.24, 2.45) is 0 Å². The van der Waals surface area contributed by atoms with E-state index in [1.54, 1.807) is 18.2 Å². The number of carboxylic acid groups (broad SMARTS) is 1. The fraction of sp³-hybridized carbons (Fsp3) is 0.0667. The monoisotopic (exact) mass is 288 g/mol. The topological polar surface area (TPSA) is 78.4 Å². The summed E-state index contributed by atoms with van der Waals surface area (Å²) in [6, 6.07) is 9.80. The lowest BCUT2D eigenvalue weighted by molar-refractivity contribution is 0.0696. The summed E-state index contributed by atoms with van der Waals surface area (Å²) in [5.74, 6) is -2.04. The molecule has 0 aliphatic heterocycles. The lowest BCUT2D eigenvalue weighted by Gasteiger charge is -2.09. The number of benzene rings is 2. The smallest absolute Gasteiger partial charge is 0.335 e. The van der Waals surface area contributed by atoms with E-state index in [2.05, 4.69) is 10.6 Å². The van der Waals surface area contributed by atoms with E-state index in [0.717, 1.165) is 11.6 Å². The minimum absolute atomic E-state index is 0.0925. The molecule has 3 N–H and O–H groups in total. The van der Waals surface area contributed by atoms with Crippen LogP contribution in [0.3, 0.4) is 0 Å². The van der Waals surface area contributed by atoms with Crippen molar-refractivity contribution in [3.8, 4) is 0 Å². The van der Waals surface area contributed by atoms with E-state index < -0.39 is 17.8 Å². The Hall–Kier alpha value is -2.89. The van der Waals surface area contributed by atoms with Crippen molar-refractivity contribution < 1.29 is 19.1 Å². The van der Waals surface area contributed by atoms with E-state index >= 15 is 0 Å². The Morgan fingerprint density at radius 1 is 1.10 bits per heavy atom. The molecule has 0 spiro atoms. The molecule has 0 aromatic heterocycles. The van der Waals surface area contributed by atoms with Crippen molar-refractivity contribution in [1.82, 2.24) is 0 Å². The lowest BCUT2D eigenvalue weighted by atomic mass is 10.2. The van der Waals surface area contributed by atoms with Crippen LogP contribution in [-0.4, -0.2) is 17.1 Å². The molecular formula is C15H13FN2O3. The Morgan fingerprint density at radius 3 is 2.48 bits per heavy atom. The first-order valence-electron chi connectivity index (χ1n) is 6.13. The summed E-state index contributed by atoms with van der Waals surface area (Å²) in [6.07, 6.45) is 0. The number of aryl methyl sites for hydroxylation is 1. The summed E-state index contributed by atoms with van der Waals surface area (Å²) < 4.78 is 13.7. The molecule has 2 amide bonds. The molecule has 2 aromatic rings. The number of rotatable bonds is 3. The van der Waals surface area contributed by atoms with Crippen molar-refractivity contribution >= 4 is 23.4 Å². The van der Waals surface area contributed by atoms with E-state index in [-0.39, 0.29) is 11.3 Å². The third-order valence-electron chi connectivity index (χ3n) is 2.74. The van der Waals surface area contributed by atoms with Crippen LogP contribution in [0.2, 0.25) is 0 Å². The number of carbonyl (C=O) groups excluding carboxylic acids is 1. The number of hydrogen-bond acceptors (Lipinski definition) is 2. The van der Waals surface area contributed by atoms with E-state index in [0.29, 0.717) is 5.69 Å². The number of carboxylic acids is 1. The molecule has 0 saturated carbocycles. The first-order chi connectivity index (χ1) is 9.95. The number of urea groups is 1. The highest BCUT2D eigenvalue weighted by Gasteiger charge is 2.10. The first kappa shape index (κ1) is 14.5. The number of hydrogen-bond donors (Lipinski definition) is 3. The van der Waals surface area contributed by atoms with Gasteiger partial charge < -0.3 is 15.7 Å². The van der Waals surface area contributed by atoms with Crippen LogP contribution in [0, 0.1) is 12.7 Å². The van der Waals surface area contributed by atoms with Gasteiger partial charge in [-0.25, -0.2) is 14.0 Å². The van der Waals surface area contributed by atoms with Gasteiger partial charge in [0, 0.05) is 5.69 Å². The van der Waals surface area contributed by atoms with Crippen molar-refractivity contribution in [3.05, 3.63) is 59.4 Å². The second kappa shape index (κ2) is 6.04. The number of amides is 2. The fourth-order valence-corrected chi connectivity index (χ4v) is 1.76. The fourth-order valence-electron chi connectivity index (χ4n) is 1.76. The van der Waals surface area contributed by atoms with Gasteiger partial charge in [-0.15, -0.1) is 0 Å². The van der Waals surface area contributed by atoms with Gasteiger partial charge in [0.05, 0.1) is 11.3 Å². The van der Waals surface area contributed by atoms with Gasteiger partial charge in [-0.3, -0.25) is 0 Å². The number of anilines is 2. The second-order valence-electron chi connectivity index (χ2n) is 4.45. The highest BCUT2D eigenvalue weighted by molar-refractivity contribution is 6.00. The van der Waals surface area contributed by atoms with E-state index in [4.69, 9.17) is 5.11 Å². The van der Waals surface area contributed by atoms with Gasteiger partial charge in [0.25, 0.3) is 0 Å². The molecule has 0 fully saturated rings. The largest absolute Gasteiger partial charge is 0.478 e. The zero-order valence-corrected chi connectivity index (χ0v) is 11.2. The minimum atomic E-state index is -1.23. The summed E-state index contributed by atoms with van der Waals surface area (Å²) in [7, 11) is 0. The maximum atomic E-state index is 13.7. The van der Waals surface area contributed by atoms with Crippen LogP contribution in [-0.2, 0) is 0 Å². The Morgan fingerprint density at radius 2 is 1.86 bits per heavy atom. The maximum Gasteiger partial charge on any atom is 0.335 e. The van der Waals surface area contributed by atoms with Gasteiger partial charge in [-0.2, -0.15) is 0 Å². The van der Waals surface area contributed by atoms with Crippen molar-refractivity contribution in [1.29, 1.82) is 0 Å². The van der Waals surface area contributed by atoms with E-state index in [1.807, 2.05) is 13.0 Å². The molecule has 0 bridgehead atoms. The number of aromatic carboxylic acids is 1. The molecule has 21 heavy (non-hydrogen) atoms. The molecule has 0 saturated heterocycles. The number of carbonyl (C=O) groups is 2. The molecule has 0 aliphatic rings. The third-order valence-corrected chi connectivity index (χ3v) is 2.74. The first-order valence-corrected chi connectivity index (χ1v) is 6.13. The normalized spacial score (nSPS) is 10.0. The Labute approximate surface area is 120 Å². The quantitative estimate of drug-likeness (QED) is 0.809. The summed E-state index contributed by atoms with van der Waals surface area (Å²) in [4.78, 5) is 22.5. The molecule has 0 unspecified atom stereocenters. The Balaban J connectivity index is 2.08. The van der Waals surface area contributed by atoms with Gasteiger partial charge in [-0.05, 0) is 42.8 Å². The molecule has 0 atom stereocenters. The summed E-state index contributed by atoms with van der Waals surface area (Å²) in [5, 5.41) is 13.6. The predicted molar refractivity (Wildman–Crippen MR) is 77.2 cm³/mol. The van der Waals surface area contributed by atoms with Gasteiger partial charge in [0.15, 0.2) is 0 Å². The molecule has 108 valence electrons. The lowest BCUT2D eigenvalue weighted by Crippen LogP contribution is -2.20. The van der Waals surface area contributed by atoms with Crippen LogP contribution < -0.4 is 10.6 Å². The zero-order valence-electron chi connectivity index (χ0n) is 11.2. The van der Waals surface area contributed by atoms with Crippen molar-refractivity contribution in [2.45, 2.75) is 6.92 Å². The highest BCUT2D eigenvalue weighted by Crippen LogP contribution is 2.17. The zero-order chi connectivity index (χ0) is 15.4. The van der Waals surface area contributed by atoms with Crippen LogP contribution in [0.1, 0.15) is 15.9 Å². The van der Waals surface area contributed by atoms with Crippen LogP contribution in [0.15, 0.2) is 42.5 Å². The minimum Gasteiger partial charge on any atom is -0.478 e. The van der Waals surface area contributed by atoms with E-state index in [9.17, 15) is 14.0 Å². The second-order valence-corrected chi connectivity index (χ2v) is 4.45. The van der Waals surface area contributed by atoms with Gasteiger partial charge in [-0.1, -0.05) is 12.1 Å². The molecule has 0 aliphatic carbocycles. The van der Waals surface area contributed by atoms with Gasteiger partial charge in [0.1, 0.15) is 5.82 Å². The molecule has 6 heteroatoms. The SMILES string of the molecule is Cc1cccc(NC(=O)Nc2ccc(C(=O)O)cc2F)c1. The average molecular weight is 288 g/mol. The van der Waals surface area contributed by atoms with Crippen LogP contribution in [0.5, 0.6) is 0 Å². The van der Waals surface area contributed by atoms with Crippen molar-refractivity contribution in [3.63, 3.8) is 0 Å². The Kier molecular flexibility index (Phi) is 4.18. The summed E-state index contributed by atoms with van der Waals surface area (Å²) in [6.45, 7) is 1.88. The molecule has 0 heterocycles. The molecule has 5 nitrogen and oxygen atoms in total. The standard InChI is InChI=1S/C15H13FN2O3/c1-9-3-2-4-11(7-9)17-15(21)18-13-6-5-10(14(19)20)8-12(13)16/h2-8H,1H3,(H,19,20)(H2,17,18,21). The average Bonchev–Trinajstić information content (AvgIpc) is 2.40. The molecular weight excluding hydrogens is 275 g/mol. The third kappa shape index (κ3) is 3.79. The van der Waals surface area contributed by atoms with Crippen LogP contribution in [0.25, 0.3) is 0 Å². The van der Waals surface area contributed by atoms with Crippen LogP contribution >= 0.6 is 0 Å².